The van der Waals surface area contributed by atoms with E-state index in [4.69, 9.17) is 9.97 Å². The summed E-state index contributed by atoms with van der Waals surface area (Å²) in [6, 6.07) is 58.9. The molecule has 1 aliphatic rings. The van der Waals surface area contributed by atoms with Gasteiger partial charge >= 0.3 is 0 Å². The molecule has 47 heavy (non-hydrogen) atoms. The van der Waals surface area contributed by atoms with E-state index in [1.165, 1.54) is 44.1 Å². The number of fused-ring (bicyclic) bond motifs is 5. The molecule has 10 rings (SSSR count). The van der Waals surface area contributed by atoms with Gasteiger partial charge < -0.3 is 4.57 Å². The maximum absolute atomic E-state index is 5.26. The summed E-state index contributed by atoms with van der Waals surface area (Å²) in [7, 11) is 0. The number of rotatable bonds is 4. The molecule has 0 atom stereocenters. The summed E-state index contributed by atoms with van der Waals surface area (Å²) in [5.41, 5.74) is 11.7. The van der Waals surface area contributed by atoms with Crippen LogP contribution in [0.1, 0.15) is 22.3 Å². The second kappa shape index (κ2) is 9.87. The largest absolute Gasteiger partial charge is 0.309 e. The van der Waals surface area contributed by atoms with E-state index in [0.29, 0.717) is 0 Å². The van der Waals surface area contributed by atoms with Gasteiger partial charge in [-0.05, 0) is 70.8 Å². The smallest absolute Gasteiger partial charge is 0.164 e. The number of hydrogen-bond acceptors (Lipinski definition) is 2. The van der Waals surface area contributed by atoms with Crippen molar-refractivity contribution >= 4 is 32.8 Å². The number of imidazole rings is 1. The quantitative estimate of drug-likeness (QED) is 0.202. The normalized spacial score (nSPS) is 13.3. The minimum Gasteiger partial charge on any atom is -0.309 e. The minimum atomic E-state index is -0.608. The lowest BCUT2D eigenvalue weighted by molar-refractivity contribution is 0.724. The van der Waals surface area contributed by atoms with E-state index < -0.39 is 5.41 Å². The first-order chi connectivity index (χ1) is 23.3. The molecule has 0 saturated heterocycles. The second-order valence-electron chi connectivity index (χ2n) is 12.2. The molecule has 0 fully saturated rings. The van der Waals surface area contributed by atoms with E-state index in [2.05, 4.69) is 155 Å². The molecule has 0 bridgehead atoms. The molecule has 3 aromatic heterocycles. The Labute approximate surface area is 271 Å². The van der Waals surface area contributed by atoms with Gasteiger partial charge in [-0.2, -0.15) is 0 Å². The Bertz CT molecular complexity index is 2520. The van der Waals surface area contributed by atoms with Gasteiger partial charge in [0.15, 0.2) is 5.82 Å². The maximum atomic E-state index is 5.26. The summed E-state index contributed by atoms with van der Waals surface area (Å²) < 4.78 is 4.75. The van der Waals surface area contributed by atoms with Crippen molar-refractivity contribution in [1.29, 1.82) is 0 Å². The fourth-order valence-electron chi connectivity index (χ4n) is 8.00. The fraction of sp³-hybridized carbons (Fsp3) is 0.0233. The van der Waals surface area contributed by atoms with E-state index >= 15 is 0 Å². The van der Waals surface area contributed by atoms with Crippen molar-refractivity contribution in [2.24, 2.45) is 0 Å². The van der Waals surface area contributed by atoms with Gasteiger partial charge in [0.2, 0.25) is 0 Å². The Balaban J connectivity index is 1.40. The van der Waals surface area contributed by atoms with Crippen molar-refractivity contribution in [3.63, 3.8) is 0 Å². The van der Waals surface area contributed by atoms with Gasteiger partial charge in [-0.15, -0.1) is 0 Å². The Morgan fingerprint density at radius 3 is 1.79 bits per heavy atom. The first-order valence-electron chi connectivity index (χ1n) is 16.0. The van der Waals surface area contributed by atoms with Crippen LogP contribution in [0.4, 0.5) is 0 Å². The zero-order valence-electron chi connectivity index (χ0n) is 25.5. The lowest BCUT2D eigenvalue weighted by Gasteiger charge is -2.41. The van der Waals surface area contributed by atoms with E-state index in [1.54, 1.807) is 0 Å². The third-order valence-corrected chi connectivity index (χ3v) is 9.85. The highest BCUT2D eigenvalue weighted by molar-refractivity contribution is 6.09. The molecule has 220 valence electrons. The molecule has 0 amide bonds. The van der Waals surface area contributed by atoms with Crippen molar-refractivity contribution < 1.29 is 0 Å². The second-order valence-corrected chi connectivity index (χ2v) is 12.2. The van der Waals surface area contributed by atoms with Gasteiger partial charge in [0.1, 0.15) is 5.69 Å². The molecule has 0 unspecified atom stereocenters. The Hall–Kier alpha value is -6.26. The molecule has 0 saturated carbocycles. The van der Waals surface area contributed by atoms with Gasteiger partial charge in [0.25, 0.3) is 0 Å². The molecule has 0 spiro atoms. The predicted molar refractivity (Wildman–Crippen MR) is 191 cm³/mol. The van der Waals surface area contributed by atoms with Crippen LogP contribution in [-0.2, 0) is 5.41 Å². The number of aromatic nitrogens is 4. The minimum absolute atomic E-state index is 0.608. The molecule has 0 aliphatic carbocycles. The van der Waals surface area contributed by atoms with Crippen molar-refractivity contribution in [2.75, 3.05) is 0 Å². The van der Waals surface area contributed by atoms with Gasteiger partial charge in [-0.25, -0.2) is 4.98 Å². The third-order valence-electron chi connectivity index (χ3n) is 9.85. The SMILES string of the molecule is c1ccc(C2(c3ccccc3)c3cc(-n4c5ccccc5c5ccccc54)ccc3-n3c(-c4ccccn4)nc4cccc2c43)cc1. The topological polar surface area (TPSA) is 35.6 Å². The fourth-order valence-corrected chi connectivity index (χ4v) is 8.00. The first kappa shape index (κ1) is 26.0. The molecule has 6 aromatic carbocycles. The zero-order valence-corrected chi connectivity index (χ0v) is 25.5. The van der Waals surface area contributed by atoms with Crippen LogP contribution < -0.4 is 0 Å². The van der Waals surface area contributed by atoms with Gasteiger partial charge in [-0.1, -0.05) is 115 Å². The number of para-hydroxylation sites is 3. The van der Waals surface area contributed by atoms with Crippen LogP contribution in [0.2, 0.25) is 0 Å². The van der Waals surface area contributed by atoms with Crippen LogP contribution in [0.5, 0.6) is 0 Å². The molecular formula is C43H28N4. The molecule has 0 radical (unpaired) electrons. The van der Waals surface area contributed by atoms with E-state index in [0.717, 1.165) is 33.9 Å². The van der Waals surface area contributed by atoms with Crippen molar-refractivity contribution in [3.05, 3.63) is 192 Å². The van der Waals surface area contributed by atoms with Crippen LogP contribution in [0.15, 0.2) is 170 Å². The molecular weight excluding hydrogens is 573 g/mol. The highest BCUT2D eigenvalue weighted by atomic mass is 15.1. The first-order valence-corrected chi connectivity index (χ1v) is 16.0. The summed E-state index contributed by atoms with van der Waals surface area (Å²) in [5.74, 6) is 0.841. The molecule has 9 aromatic rings. The lowest BCUT2D eigenvalue weighted by Crippen LogP contribution is -2.35. The van der Waals surface area contributed by atoms with Crippen molar-refractivity contribution in [3.8, 4) is 22.9 Å². The summed E-state index contributed by atoms with van der Waals surface area (Å²) in [6.07, 6.45) is 1.84. The van der Waals surface area contributed by atoms with Gasteiger partial charge in [0.05, 0.1) is 33.2 Å². The van der Waals surface area contributed by atoms with Crippen molar-refractivity contribution in [1.82, 2.24) is 19.1 Å². The highest BCUT2D eigenvalue weighted by Crippen LogP contribution is 2.54. The highest BCUT2D eigenvalue weighted by Gasteiger charge is 2.46. The summed E-state index contributed by atoms with van der Waals surface area (Å²) >= 11 is 0. The predicted octanol–water partition coefficient (Wildman–Crippen LogP) is 9.88. The lowest BCUT2D eigenvalue weighted by atomic mass is 9.63. The van der Waals surface area contributed by atoms with Crippen LogP contribution in [0, 0.1) is 0 Å². The average Bonchev–Trinajstić information content (AvgIpc) is 3.70. The van der Waals surface area contributed by atoms with Crippen molar-refractivity contribution in [2.45, 2.75) is 5.41 Å². The summed E-state index contributed by atoms with van der Waals surface area (Å²) in [4.78, 5) is 10.0. The number of hydrogen-bond donors (Lipinski definition) is 0. The zero-order chi connectivity index (χ0) is 31.0. The van der Waals surface area contributed by atoms with Crippen LogP contribution in [0.25, 0.3) is 55.7 Å². The number of nitrogens with zero attached hydrogens (tertiary/aromatic N) is 4. The van der Waals surface area contributed by atoms with Crippen LogP contribution in [-0.4, -0.2) is 19.1 Å². The maximum Gasteiger partial charge on any atom is 0.164 e. The van der Waals surface area contributed by atoms with Crippen LogP contribution in [0.3, 0.4) is 0 Å². The summed E-state index contributed by atoms with van der Waals surface area (Å²) in [5, 5.41) is 2.50. The Morgan fingerprint density at radius 1 is 0.489 bits per heavy atom. The number of pyridine rings is 1. The number of benzene rings is 6. The van der Waals surface area contributed by atoms with Crippen LogP contribution >= 0.6 is 0 Å². The molecule has 1 aliphatic heterocycles. The monoisotopic (exact) mass is 600 g/mol. The third kappa shape index (κ3) is 3.52. The van der Waals surface area contributed by atoms with E-state index in [1.807, 2.05) is 24.4 Å². The molecule has 4 nitrogen and oxygen atoms in total. The standard InChI is InChI=1S/C43H28N4/c1-3-14-29(15-4-1)43(30-16-5-2-6-17-30)34-20-13-22-36-41(34)47(42(45-36)37-21-11-12-27-44-37)40-26-25-31(28-35(40)43)46-38-23-9-7-18-32(38)33-19-8-10-24-39(33)46/h1-28H. The Kier molecular flexibility index (Phi) is 5.46. The average molecular weight is 601 g/mol. The van der Waals surface area contributed by atoms with Gasteiger partial charge in [-0.3, -0.25) is 9.55 Å². The van der Waals surface area contributed by atoms with E-state index in [9.17, 15) is 0 Å². The van der Waals surface area contributed by atoms with Gasteiger partial charge in [0, 0.05) is 22.7 Å². The van der Waals surface area contributed by atoms with E-state index in [-0.39, 0.29) is 0 Å². The molecule has 0 N–H and O–H groups in total. The Morgan fingerprint density at radius 2 is 1.13 bits per heavy atom. The summed E-state index contributed by atoms with van der Waals surface area (Å²) in [6.45, 7) is 0. The molecule has 4 heteroatoms. The molecule has 4 heterocycles.